The van der Waals surface area contributed by atoms with Gasteiger partial charge in [-0.2, -0.15) is 26.3 Å². The second-order valence-electron chi connectivity index (χ2n) is 6.55. The van der Waals surface area contributed by atoms with Crippen molar-refractivity contribution >= 4 is 11.9 Å². The molecule has 1 unspecified atom stereocenters. The molecule has 10 heteroatoms. The number of halogens is 6. The van der Waals surface area contributed by atoms with Gasteiger partial charge in [0, 0.05) is 0 Å². The van der Waals surface area contributed by atoms with Gasteiger partial charge in [0.25, 0.3) is 0 Å². The van der Waals surface area contributed by atoms with Gasteiger partial charge in [0.05, 0.1) is 17.4 Å². The van der Waals surface area contributed by atoms with Gasteiger partial charge in [-0.25, -0.2) is 4.79 Å². The van der Waals surface area contributed by atoms with E-state index in [1.54, 1.807) is 0 Å². The smallest absolute Gasteiger partial charge is 0.416 e. The lowest BCUT2D eigenvalue weighted by Crippen LogP contribution is -2.51. The third-order valence-corrected chi connectivity index (χ3v) is 4.67. The summed E-state index contributed by atoms with van der Waals surface area (Å²) in [5.74, 6) is -2.87. The van der Waals surface area contributed by atoms with Crippen LogP contribution in [0.25, 0.3) is 0 Å². The SMILES string of the molecule is O=C(O)C(CC(F)(F)F)NC(=O)C1(c2cccc(C(F)(F)F)c2)CCCC1. The molecule has 27 heavy (non-hydrogen) atoms. The van der Waals surface area contributed by atoms with Gasteiger partial charge in [0.2, 0.25) is 5.91 Å². The Kier molecular flexibility index (Phi) is 5.77. The monoisotopic (exact) mass is 397 g/mol. The number of alkyl halides is 6. The standard InChI is InChI=1S/C17H17F6NO3/c18-16(19,20)9-12(13(25)26)24-14(27)15(6-1-2-7-15)10-4-3-5-11(8-10)17(21,22)23/h3-5,8,12H,1-2,6-7,9H2,(H,24,27)(H,25,26). The summed E-state index contributed by atoms with van der Waals surface area (Å²) in [6.07, 6.45) is -10.0. The maximum Gasteiger partial charge on any atom is 0.416 e. The van der Waals surface area contributed by atoms with E-state index >= 15 is 0 Å². The summed E-state index contributed by atoms with van der Waals surface area (Å²) in [6.45, 7) is 0. The molecule has 1 aliphatic carbocycles. The molecule has 1 aromatic rings. The molecule has 1 atom stereocenters. The fourth-order valence-electron chi connectivity index (χ4n) is 3.35. The summed E-state index contributed by atoms with van der Waals surface area (Å²) < 4.78 is 76.6. The first kappa shape index (κ1) is 21.0. The molecule has 1 saturated carbocycles. The summed E-state index contributed by atoms with van der Waals surface area (Å²) in [6, 6.07) is 1.84. The van der Waals surface area contributed by atoms with Gasteiger partial charge < -0.3 is 10.4 Å². The van der Waals surface area contributed by atoms with Crippen LogP contribution in [0.3, 0.4) is 0 Å². The summed E-state index contributed by atoms with van der Waals surface area (Å²) >= 11 is 0. The number of hydrogen-bond acceptors (Lipinski definition) is 2. The van der Waals surface area contributed by atoms with E-state index in [0.29, 0.717) is 12.8 Å². The molecular weight excluding hydrogens is 380 g/mol. The first-order valence-electron chi connectivity index (χ1n) is 8.13. The second kappa shape index (κ2) is 7.40. The summed E-state index contributed by atoms with van der Waals surface area (Å²) in [4.78, 5) is 23.8. The van der Waals surface area contributed by atoms with Crippen molar-refractivity contribution in [2.24, 2.45) is 0 Å². The fourth-order valence-corrected chi connectivity index (χ4v) is 3.35. The summed E-state index contributed by atoms with van der Waals surface area (Å²) in [7, 11) is 0. The Hall–Kier alpha value is -2.26. The normalized spacial score (nSPS) is 18.1. The predicted octanol–water partition coefficient (Wildman–Crippen LogP) is 4.04. The van der Waals surface area contributed by atoms with Gasteiger partial charge in [0.1, 0.15) is 6.04 Å². The zero-order chi connectivity index (χ0) is 20.5. The molecule has 0 heterocycles. The van der Waals surface area contributed by atoms with Crippen LogP contribution in [0.1, 0.15) is 43.2 Å². The maximum atomic E-state index is 13.0. The van der Waals surface area contributed by atoms with Gasteiger partial charge in [-0.15, -0.1) is 0 Å². The van der Waals surface area contributed by atoms with E-state index in [1.807, 2.05) is 5.32 Å². The van der Waals surface area contributed by atoms with Crippen molar-refractivity contribution in [3.63, 3.8) is 0 Å². The van der Waals surface area contributed by atoms with Crippen LogP contribution in [0, 0.1) is 0 Å². The first-order chi connectivity index (χ1) is 12.3. The minimum atomic E-state index is -4.82. The van der Waals surface area contributed by atoms with E-state index in [2.05, 4.69) is 0 Å². The molecule has 2 rings (SSSR count). The van der Waals surface area contributed by atoms with E-state index in [9.17, 15) is 35.9 Å². The molecule has 2 N–H and O–H groups in total. The van der Waals surface area contributed by atoms with Crippen molar-refractivity contribution in [3.8, 4) is 0 Å². The molecule has 4 nitrogen and oxygen atoms in total. The van der Waals surface area contributed by atoms with Crippen molar-refractivity contribution in [1.82, 2.24) is 5.32 Å². The van der Waals surface area contributed by atoms with Crippen LogP contribution < -0.4 is 5.32 Å². The van der Waals surface area contributed by atoms with Gasteiger partial charge in [-0.1, -0.05) is 31.0 Å². The molecule has 0 saturated heterocycles. The number of carboxylic acids is 1. The Balaban J connectivity index is 2.36. The topological polar surface area (TPSA) is 66.4 Å². The quantitative estimate of drug-likeness (QED) is 0.737. The van der Waals surface area contributed by atoms with Crippen molar-refractivity contribution in [2.45, 2.75) is 55.9 Å². The Morgan fingerprint density at radius 1 is 1.11 bits per heavy atom. The van der Waals surface area contributed by atoms with Crippen LogP contribution in [0.2, 0.25) is 0 Å². The highest BCUT2D eigenvalue weighted by Crippen LogP contribution is 2.43. The van der Waals surface area contributed by atoms with Gasteiger partial charge >= 0.3 is 18.3 Å². The zero-order valence-electron chi connectivity index (χ0n) is 14.0. The zero-order valence-corrected chi connectivity index (χ0v) is 14.0. The third-order valence-electron chi connectivity index (χ3n) is 4.67. The Labute approximate surface area is 150 Å². The van der Waals surface area contributed by atoms with Gasteiger partial charge in [-0.05, 0) is 24.5 Å². The molecule has 1 aromatic carbocycles. The number of rotatable bonds is 5. The molecule has 1 amide bonds. The number of hydrogen-bond donors (Lipinski definition) is 2. The lowest BCUT2D eigenvalue weighted by molar-refractivity contribution is -0.160. The van der Waals surface area contributed by atoms with Crippen LogP contribution in [-0.2, 0) is 21.2 Å². The third kappa shape index (κ3) is 4.92. The Morgan fingerprint density at radius 3 is 2.19 bits per heavy atom. The van der Waals surface area contributed by atoms with Crippen molar-refractivity contribution in [2.75, 3.05) is 0 Å². The van der Waals surface area contributed by atoms with Crippen LogP contribution in [0.15, 0.2) is 24.3 Å². The van der Waals surface area contributed by atoms with Crippen LogP contribution in [-0.4, -0.2) is 29.2 Å². The number of carbonyl (C=O) groups excluding carboxylic acids is 1. The van der Waals surface area contributed by atoms with E-state index in [4.69, 9.17) is 5.11 Å². The van der Waals surface area contributed by atoms with E-state index in [0.717, 1.165) is 18.2 Å². The minimum absolute atomic E-state index is 0.0171. The number of amides is 1. The molecule has 1 aliphatic rings. The molecule has 0 bridgehead atoms. The summed E-state index contributed by atoms with van der Waals surface area (Å²) in [5, 5.41) is 10.8. The highest BCUT2D eigenvalue weighted by Gasteiger charge is 2.46. The van der Waals surface area contributed by atoms with Crippen molar-refractivity contribution in [1.29, 1.82) is 0 Å². The molecule has 0 aromatic heterocycles. The largest absolute Gasteiger partial charge is 0.480 e. The molecule has 0 spiro atoms. The molecule has 150 valence electrons. The number of benzene rings is 1. The van der Waals surface area contributed by atoms with Crippen LogP contribution in [0.4, 0.5) is 26.3 Å². The Morgan fingerprint density at radius 2 is 1.70 bits per heavy atom. The highest BCUT2D eigenvalue weighted by molar-refractivity contribution is 5.91. The number of nitrogens with one attached hydrogen (secondary N) is 1. The maximum absolute atomic E-state index is 13.0. The van der Waals surface area contributed by atoms with Crippen LogP contribution in [0.5, 0.6) is 0 Å². The molecular formula is C17H17F6NO3. The predicted molar refractivity (Wildman–Crippen MR) is 81.8 cm³/mol. The lowest BCUT2D eigenvalue weighted by atomic mass is 9.77. The van der Waals surface area contributed by atoms with Gasteiger partial charge in [0.15, 0.2) is 0 Å². The molecule has 0 aliphatic heterocycles. The Bertz CT molecular complexity index is 707. The average Bonchev–Trinajstić information content (AvgIpc) is 3.03. The molecule has 0 radical (unpaired) electrons. The van der Waals surface area contributed by atoms with Gasteiger partial charge in [-0.3, -0.25) is 4.79 Å². The fraction of sp³-hybridized carbons (Fsp3) is 0.529. The second-order valence-corrected chi connectivity index (χ2v) is 6.55. The highest BCUT2D eigenvalue weighted by atomic mass is 19.4. The van der Waals surface area contributed by atoms with E-state index in [-0.39, 0.29) is 18.4 Å². The van der Waals surface area contributed by atoms with E-state index in [1.165, 1.54) is 6.07 Å². The van der Waals surface area contributed by atoms with Crippen LogP contribution >= 0.6 is 0 Å². The van der Waals surface area contributed by atoms with E-state index < -0.39 is 47.7 Å². The van der Waals surface area contributed by atoms with Crippen molar-refractivity contribution in [3.05, 3.63) is 35.4 Å². The summed E-state index contributed by atoms with van der Waals surface area (Å²) in [5.41, 5.74) is -2.45. The lowest BCUT2D eigenvalue weighted by Gasteiger charge is -2.30. The average molecular weight is 397 g/mol. The number of aliphatic carboxylic acids is 1. The number of carboxylic acid groups (broad SMARTS) is 1. The number of carbonyl (C=O) groups is 2. The molecule has 1 fully saturated rings. The van der Waals surface area contributed by atoms with Crippen molar-refractivity contribution < 1.29 is 41.0 Å². The minimum Gasteiger partial charge on any atom is -0.480 e. The first-order valence-corrected chi connectivity index (χ1v) is 8.13.